The van der Waals surface area contributed by atoms with E-state index in [1.54, 1.807) is 24.3 Å². The fourth-order valence-corrected chi connectivity index (χ4v) is 4.21. The Balaban J connectivity index is 2.14. The zero-order chi connectivity index (χ0) is 16.4. The molecule has 0 saturated heterocycles. The van der Waals surface area contributed by atoms with Crippen LogP contribution in [-0.4, -0.2) is 0 Å². The molecule has 0 spiro atoms. The van der Waals surface area contributed by atoms with Crippen molar-refractivity contribution in [3.63, 3.8) is 0 Å². The van der Waals surface area contributed by atoms with Gasteiger partial charge in [0.2, 0.25) is 0 Å². The van der Waals surface area contributed by atoms with Crippen molar-refractivity contribution >= 4 is 10.9 Å². The Bertz CT molecular complexity index is 768. The zero-order valence-electron chi connectivity index (χ0n) is 11.8. The maximum atomic E-state index is 13.6. The molecule has 0 aliphatic rings. The Morgan fingerprint density at radius 3 is 1.35 bits per heavy atom. The zero-order valence-corrected chi connectivity index (χ0v) is 12.6. The lowest BCUT2D eigenvalue weighted by molar-refractivity contribution is 0.506. The van der Waals surface area contributed by atoms with E-state index in [1.807, 2.05) is 0 Å². The predicted octanol–water partition coefficient (Wildman–Crippen LogP) is 5.34. The Kier molecular flexibility index (Phi) is 4.39. The highest BCUT2D eigenvalue weighted by atomic mass is 32.2. The van der Waals surface area contributed by atoms with Crippen LogP contribution in [-0.2, 0) is 10.9 Å². The Hall–Kier alpha value is -2.27. The minimum absolute atomic E-state index is 0.387. The lowest BCUT2D eigenvalue weighted by atomic mass is 10.3. The van der Waals surface area contributed by atoms with Crippen LogP contribution >= 0.6 is 0 Å². The summed E-state index contributed by atoms with van der Waals surface area (Å²) < 4.78 is 53.1. The van der Waals surface area contributed by atoms with Gasteiger partial charge in [0.15, 0.2) is 26.3 Å². The molecule has 0 unspecified atom stereocenters. The third-order valence-corrected chi connectivity index (χ3v) is 5.44. The molecule has 0 saturated carbocycles. The van der Waals surface area contributed by atoms with Crippen molar-refractivity contribution in [3.05, 3.63) is 90.0 Å². The van der Waals surface area contributed by atoms with Crippen LogP contribution < -0.4 is 0 Å². The minimum Gasteiger partial charge on any atom is -0.207 e. The summed E-state index contributed by atoms with van der Waals surface area (Å²) in [6.45, 7) is 0. The number of benzene rings is 3. The average molecular weight is 335 g/mol. The fourth-order valence-electron chi connectivity index (χ4n) is 2.15. The molecule has 3 aromatic carbocycles. The second kappa shape index (κ2) is 6.46. The van der Waals surface area contributed by atoms with E-state index < -0.39 is 22.5 Å². The SMILES string of the molecule is Fc1ccc([S+](c2ccc(F)cc2)c2ccc(F)c(F)c2)cc1. The molecule has 0 radical (unpaired) electrons. The summed E-state index contributed by atoms with van der Waals surface area (Å²) in [5.74, 6) is -2.66. The first-order valence-corrected chi connectivity index (χ1v) is 7.97. The van der Waals surface area contributed by atoms with Gasteiger partial charge in [-0.15, -0.1) is 0 Å². The number of rotatable bonds is 3. The van der Waals surface area contributed by atoms with E-state index in [2.05, 4.69) is 0 Å². The van der Waals surface area contributed by atoms with E-state index >= 15 is 0 Å². The van der Waals surface area contributed by atoms with Crippen molar-refractivity contribution in [1.29, 1.82) is 0 Å². The summed E-state index contributed by atoms with van der Waals surface area (Å²) in [6.07, 6.45) is 0. The highest BCUT2D eigenvalue weighted by Gasteiger charge is 2.29. The Labute approximate surface area is 133 Å². The number of hydrogen-bond acceptors (Lipinski definition) is 0. The quantitative estimate of drug-likeness (QED) is 0.448. The lowest BCUT2D eigenvalue weighted by Crippen LogP contribution is -2.06. The van der Waals surface area contributed by atoms with E-state index in [0.29, 0.717) is 4.90 Å². The van der Waals surface area contributed by atoms with Crippen molar-refractivity contribution < 1.29 is 17.6 Å². The van der Waals surface area contributed by atoms with Crippen LogP contribution in [0, 0.1) is 23.3 Å². The fraction of sp³-hybridized carbons (Fsp3) is 0. The van der Waals surface area contributed by atoms with Crippen molar-refractivity contribution in [3.8, 4) is 0 Å². The molecule has 0 aliphatic carbocycles. The topological polar surface area (TPSA) is 0 Å². The smallest absolute Gasteiger partial charge is 0.169 e. The van der Waals surface area contributed by atoms with Gasteiger partial charge in [0.25, 0.3) is 0 Å². The maximum Gasteiger partial charge on any atom is 0.169 e. The molecule has 0 heterocycles. The molecule has 0 aromatic heterocycles. The van der Waals surface area contributed by atoms with E-state index in [1.165, 1.54) is 30.3 Å². The summed E-state index contributed by atoms with van der Waals surface area (Å²) in [5.41, 5.74) is 0. The van der Waals surface area contributed by atoms with E-state index in [0.717, 1.165) is 21.9 Å². The van der Waals surface area contributed by atoms with Gasteiger partial charge in [-0.1, -0.05) is 0 Å². The molecule has 116 valence electrons. The molecule has 5 heteroatoms. The van der Waals surface area contributed by atoms with Gasteiger partial charge >= 0.3 is 0 Å². The highest BCUT2D eigenvalue weighted by molar-refractivity contribution is 7.97. The van der Waals surface area contributed by atoms with Gasteiger partial charge < -0.3 is 0 Å². The number of halogens is 4. The average Bonchev–Trinajstić information content (AvgIpc) is 2.55. The molecule has 3 rings (SSSR count). The molecule has 0 amide bonds. The molecule has 0 aliphatic heterocycles. The van der Waals surface area contributed by atoms with Gasteiger partial charge in [-0.2, -0.15) is 0 Å². The molecule has 0 nitrogen and oxygen atoms in total. The van der Waals surface area contributed by atoms with Gasteiger partial charge in [-0.3, -0.25) is 0 Å². The minimum atomic E-state index is -0.954. The largest absolute Gasteiger partial charge is 0.207 e. The molecule has 0 atom stereocenters. The standard InChI is InChI=1S/C18H11F4S/c19-12-1-5-14(6-2-12)23(15-7-3-13(20)4-8-15)16-9-10-17(21)18(22)11-16/h1-11H/q+1. The first-order valence-electron chi connectivity index (χ1n) is 6.75. The van der Waals surface area contributed by atoms with Gasteiger partial charge in [0.1, 0.15) is 11.6 Å². The first-order chi connectivity index (χ1) is 11.0. The molecule has 0 N–H and O–H groups in total. The third-order valence-electron chi connectivity index (χ3n) is 3.23. The van der Waals surface area contributed by atoms with Crippen LogP contribution in [0.4, 0.5) is 17.6 Å². The van der Waals surface area contributed by atoms with Crippen LogP contribution in [0.25, 0.3) is 0 Å². The summed E-state index contributed by atoms with van der Waals surface area (Å²) >= 11 is 0. The molecule has 0 fully saturated rings. The van der Waals surface area contributed by atoms with E-state index in [-0.39, 0.29) is 11.6 Å². The van der Waals surface area contributed by atoms with Crippen LogP contribution in [0.1, 0.15) is 0 Å². The van der Waals surface area contributed by atoms with E-state index in [9.17, 15) is 17.6 Å². The van der Waals surface area contributed by atoms with Gasteiger partial charge in [0.05, 0.1) is 10.9 Å². The second-order valence-electron chi connectivity index (χ2n) is 4.79. The van der Waals surface area contributed by atoms with Gasteiger partial charge in [-0.05, 0) is 60.7 Å². The highest BCUT2D eigenvalue weighted by Crippen LogP contribution is 2.32. The normalized spacial score (nSPS) is 11.0. The summed E-state index contributed by atoms with van der Waals surface area (Å²) in [5, 5.41) is 0. The molecular formula is C18H11F4S+. The second-order valence-corrected chi connectivity index (χ2v) is 6.82. The van der Waals surface area contributed by atoms with Crippen molar-refractivity contribution in [2.75, 3.05) is 0 Å². The molecule has 3 aromatic rings. The Morgan fingerprint density at radius 1 is 0.478 bits per heavy atom. The van der Waals surface area contributed by atoms with Gasteiger partial charge in [-0.25, -0.2) is 17.6 Å². The van der Waals surface area contributed by atoms with Crippen molar-refractivity contribution in [1.82, 2.24) is 0 Å². The molecular weight excluding hydrogens is 324 g/mol. The first kappa shape index (κ1) is 15.6. The van der Waals surface area contributed by atoms with Crippen molar-refractivity contribution in [2.45, 2.75) is 14.7 Å². The van der Waals surface area contributed by atoms with Gasteiger partial charge in [0, 0.05) is 6.07 Å². The summed E-state index contributed by atoms with van der Waals surface area (Å²) in [7, 11) is -0.790. The lowest BCUT2D eigenvalue weighted by Gasteiger charge is -2.08. The number of hydrogen-bond donors (Lipinski definition) is 0. The van der Waals surface area contributed by atoms with Crippen LogP contribution in [0.15, 0.2) is 81.4 Å². The van der Waals surface area contributed by atoms with Crippen LogP contribution in [0.5, 0.6) is 0 Å². The van der Waals surface area contributed by atoms with Crippen molar-refractivity contribution in [2.24, 2.45) is 0 Å². The van der Waals surface area contributed by atoms with E-state index in [4.69, 9.17) is 0 Å². The predicted molar refractivity (Wildman–Crippen MR) is 81.3 cm³/mol. The third kappa shape index (κ3) is 3.40. The molecule has 23 heavy (non-hydrogen) atoms. The summed E-state index contributed by atoms with van der Waals surface area (Å²) in [6, 6.07) is 15.2. The maximum absolute atomic E-state index is 13.6. The Morgan fingerprint density at radius 2 is 0.913 bits per heavy atom. The summed E-state index contributed by atoms with van der Waals surface area (Å²) in [4.78, 5) is 1.98. The molecule has 0 bridgehead atoms. The monoisotopic (exact) mass is 335 g/mol. The van der Waals surface area contributed by atoms with Crippen LogP contribution in [0.3, 0.4) is 0 Å². The van der Waals surface area contributed by atoms with Crippen LogP contribution in [0.2, 0.25) is 0 Å².